The van der Waals surface area contributed by atoms with Crippen LogP contribution in [0, 0.1) is 0 Å². The highest BCUT2D eigenvalue weighted by Gasteiger charge is 2.16. The molecule has 2 N–H and O–H groups in total. The van der Waals surface area contributed by atoms with E-state index in [0.29, 0.717) is 11.5 Å². The van der Waals surface area contributed by atoms with Gasteiger partial charge in [0.25, 0.3) is 5.91 Å². The quantitative estimate of drug-likeness (QED) is 0.901. The molecule has 1 aliphatic heterocycles. The lowest BCUT2D eigenvalue weighted by Gasteiger charge is -2.10. The predicted octanol–water partition coefficient (Wildman–Crippen LogP) is 3.45. The molecule has 2 aromatic rings. The Hall–Kier alpha value is -2.04. The molecule has 0 saturated carbocycles. The molecule has 0 aromatic heterocycles. The molecular formula is C18H21ClN2O2. The maximum atomic E-state index is 12.2. The molecular weight excluding hydrogens is 312 g/mol. The first kappa shape index (κ1) is 17.3. The third kappa shape index (κ3) is 4.24. The topological polar surface area (TPSA) is 50.4 Å². The number of benzene rings is 2. The second-order valence-electron chi connectivity index (χ2n) is 5.49. The van der Waals surface area contributed by atoms with Crippen LogP contribution in [0.3, 0.4) is 0 Å². The number of hydrogen-bond donors (Lipinski definition) is 2. The second-order valence-corrected chi connectivity index (χ2v) is 5.49. The van der Waals surface area contributed by atoms with Gasteiger partial charge in [-0.3, -0.25) is 4.79 Å². The zero-order valence-electron chi connectivity index (χ0n) is 13.0. The highest BCUT2D eigenvalue weighted by Crippen LogP contribution is 2.23. The minimum Gasteiger partial charge on any atom is -0.497 e. The largest absolute Gasteiger partial charge is 0.497 e. The van der Waals surface area contributed by atoms with Crippen molar-refractivity contribution in [2.75, 3.05) is 25.5 Å². The Kier molecular flexibility index (Phi) is 6.02. The fourth-order valence-electron chi connectivity index (χ4n) is 2.72. The zero-order chi connectivity index (χ0) is 15.4. The van der Waals surface area contributed by atoms with E-state index in [9.17, 15) is 4.79 Å². The van der Waals surface area contributed by atoms with Gasteiger partial charge in [0.2, 0.25) is 0 Å². The number of nitrogens with one attached hydrogen (secondary N) is 2. The summed E-state index contributed by atoms with van der Waals surface area (Å²) in [7, 11) is 1.61. The van der Waals surface area contributed by atoms with E-state index < -0.39 is 0 Å². The first-order chi connectivity index (χ1) is 10.8. The summed E-state index contributed by atoms with van der Waals surface area (Å²) in [6.07, 6.45) is 1.18. The van der Waals surface area contributed by atoms with Crippen LogP contribution in [0.4, 0.5) is 5.69 Å². The Bertz CT molecular complexity index is 635. The van der Waals surface area contributed by atoms with Gasteiger partial charge in [-0.2, -0.15) is 0 Å². The average Bonchev–Trinajstić information content (AvgIpc) is 3.10. The monoisotopic (exact) mass is 332 g/mol. The van der Waals surface area contributed by atoms with Crippen molar-refractivity contribution < 1.29 is 9.53 Å². The van der Waals surface area contributed by atoms with Gasteiger partial charge in [-0.25, -0.2) is 0 Å². The number of ether oxygens (including phenoxy) is 1. The van der Waals surface area contributed by atoms with Crippen molar-refractivity contribution in [2.24, 2.45) is 0 Å². The summed E-state index contributed by atoms with van der Waals surface area (Å²) >= 11 is 0. The van der Waals surface area contributed by atoms with Crippen LogP contribution in [-0.4, -0.2) is 26.1 Å². The lowest BCUT2D eigenvalue weighted by atomic mass is 9.98. The number of rotatable bonds is 4. The van der Waals surface area contributed by atoms with Gasteiger partial charge in [-0.15, -0.1) is 12.4 Å². The van der Waals surface area contributed by atoms with Crippen molar-refractivity contribution in [1.29, 1.82) is 0 Å². The summed E-state index contributed by atoms with van der Waals surface area (Å²) < 4.78 is 5.09. The fraction of sp³-hybridized carbons (Fsp3) is 0.278. The van der Waals surface area contributed by atoms with E-state index in [1.165, 1.54) is 12.0 Å². The number of hydrogen-bond acceptors (Lipinski definition) is 3. The molecule has 1 aliphatic rings. The number of methoxy groups -OCH3 is 1. The fourth-order valence-corrected chi connectivity index (χ4v) is 2.72. The third-order valence-corrected chi connectivity index (χ3v) is 4.05. The molecule has 23 heavy (non-hydrogen) atoms. The molecule has 4 nitrogen and oxygen atoms in total. The summed E-state index contributed by atoms with van der Waals surface area (Å²) in [5.41, 5.74) is 2.76. The standard InChI is InChI=1S/C18H20N2O2.ClH/c1-22-17-8-4-14(5-9-17)18(21)20-16-6-2-13(3-7-16)15-10-11-19-12-15;/h2-9,15,19H,10-12H2,1H3,(H,20,21);1H. The molecule has 3 rings (SSSR count). The highest BCUT2D eigenvalue weighted by molar-refractivity contribution is 6.04. The Morgan fingerprint density at radius 1 is 1.13 bits per heavy atom. The summed E-state index contributed by atoms with van der Waals surface area (Å²) in [4.78, 5) is 12.2. The van der Waals surface area contributed by atoms with E-state index in [-0.39, 0.29) is 18.3 Å². The van der Waals surface area contributed by atoms with Gasteiger partial charge in [0, 0.05) is 17.8 Å². The molecule has 5 heteroatoms. The van der Waals surface area contributed by atoms with Gasteiger partial charge in [0.15, 0.2) is 0 Å². The number of halogens is 1. The van der Waals surface area contributed by atoms with Crippen molar-refractivity contribution in [3.63, 3.8) is 0 Å². The van der Waals surface area contributed by atoms with Crippen LogP contribution in [0.15, 0.2) is 48.5 Å². The van der Waals surface area contributed by atoms with Crippen molar-refractivity contribution in [3.05, 3.63) is 59.7 Å². The number of amides is 1. The van der Waals surface area contributed by atoms with E-state index in [0.717, 1.165) is 24.5 Å². The zero-order valence-corrected chi connectivity index (χ0v) is 13.9. The van der Waals surface area contributed by atoms with Gasteiger partial charge < -0.3 is 15.4 Å². The van der Waals surface area contributed by atoms with Gasteiger partial charge in [0.1, 0.15) is 5.75 Å². The van der Waals surface area contributed by atoms with E-state index in [4.69, 9.17) is 4.74 Å². The second kappa shape index (κ2) is 7.99. The van der Waals surface area contributed by atoms with E-state index in [1.807, 2.05) is 12.1 Å². The molecule has 1 heterocycles. The lowest BCUT2D eigenvalue weighted by Crippen LogP contribution is -2.12. The molecule has 0 radical (unpaired) electrons. The molecule has 1 amide bonds. The molecule has 2 aromatic carbocycles. The molecule has 0 aliphatic carbocycles. The van der Waals surface area contributed by atoms with Crippen LogP contribution in [0.5, 0.6) is 5.75 Å². The SMILES string of the molecule is COc1ccc(C(=O)Nc2ccc(C3CCNC3)cc2)cc1.Cl. The summed E-state index contributed by atoms with van der Waals surface area (Å²) in [5.74, 6) is 1.22. The van der Waals surface area contributed by atoms with Crippen LogP contribution < -0.4 is 15.4 Å². The van der Waals surface area contributed by atoms with Gasteiger partial charge in [-0.05, 0) is 60.8 Å². The number of anilines is 1. The normalized spacial score (nSPS) is 16.5. The smallest absolute Gasteiger partial charge is 0.255 e. The predicted molar refractivity (Wildman–Crippen MR) is 94.9 cm³/mol. The Morgan fingerprint density at radius 2 is 1.83 bits per heavy atom. The maximum absolute atomic E-state index is 12.2. The average molecular weight is 333 g/mol. The van der Waals surface area contributed by atoms with Crippen molar-refractivity contribution in [2.45, 2.75) is 12.3 Å². The van der Waals surface area contributed by atoms with Crippen molar-refractivity contribution in [1.82, 2.24) is 5.32 Å². The highest BCUT2D eigenvalue weighted by atomic mass is 35.5. The molecule has 1 unspecified atom stereocenters. The van der Waals surface area contributed by atoms with Gasteiger partial charge >= 0.3 is 0 Å². The van der Waals surface area contributed by atoms with E-state index >= 15 is 0 Å². The Balaban J connectivity index is 0.00000192. The molecule has 1 atom stereocenters. The Labute approximate surface area is 142 Å². The van der Waals surface area contributed by atoms with Crippen LogP contribution in [0.2, 0.25) is 0 Å². The first-order valence-electron chi connectivity index (χ1n) is 7.52. The van der Waals surface area contributed by atoms with Crippen LogP contribution in [0.1, 0.15) is 28.3 Å². The van der Waals surface area contributed by atoms with Crippen LogP contribution >= 0.6 is 12.4 Å². The molecule has 0 spiro atoms. The maximum Gasteiger partial charge on any atom is 0.255 e. The van der Waals surface area contributed by atoms with E-state index in [1.54, 1.807) is 31.4 Å². The molecule has 1 saturated heterocycles. The summed E-state index contributed by atoms with van der Waals surface area (Å²) in [5, 5.41) is 6.29. The van der Waals surface area contributed by atoms with Gasteiger partial charge in [0.05, 0.1) is 7.11 Å². The summed E-state index contributed by atoms with van der Waals surface area (Å²) in [6.45, 7) is 2.12. The van der Waals surface area contributed by atoms with Crippen molar-refractivity contribution >= 4 is 24.0 Å². The molecule has 0 bridgehead atoms. The van der Waals surface area contributed by atoms with Crippen LogP contribution in [-0.2, 0) is 0 Å². The Morgan fingerprint density at radius 3 is 2.39 bits per heavy atom. The summed E-state index contributed by atoms with van der Waals surface area (Å²) in [6, 6.07) is 15.2. The molecule has 1 fully saturated rings. The minimum atomic E-state index is -0.113. The number of carbonyl (C=O) groups is 1. The number of carbonyl (C=O) groups excluding carboxylic acids is 1. The lowest BCUT2D eigenvalue weighted by molar-refractivity contribution is 0.102. The van der Waals surface area contributed by atoms with E-state index in [2.05, 4.69) is 22.8 Å². The first-order valence-corrected chi connectivity index (χ1v) is 7.52. The van der Waals surface area contributed by atoms with Crippen molar-refractivity contribution in [3.8, 4) is 5.75 Å². The minimum absolute atomic E-state index is 0. The van der Waals surface area contributed by atoms with Gasteiger partial charge in [-0.1, -0.05) is 12.1 Å². The van der Waals surface area contributed by atoms with Crippen LogP contribution in [0.25, 0.3) is 0 Å². The third-order valence-electron chi connectivity index (χ3n) is 4.05. The molecule has 122 valence electrons.